The third-order valence-corrected chi connectivity index (χ3v) is 4.96. The minimum atomic E-state index is 0.152. The van der Waals surface area contributed by atoms with E-state index >= 15 is 0 Å². The standard InChI is InChI=1S/C19H26N4O2/c1-13-16(14(2)25-21-13)7-8-19(24)23-11-5-6-17(23)15-9-10-20-18(12-15)22(3)4/h9-10,12,17H,5-8,11H2,1-4H3/t17-/m0/s1. The van der Waals surface area contributed by atoms with Gasteiger partial charge in [0.25, 0.3) is 0 Å². The smallest absolute Gasteiger partial charge is 0.223 e. The van der Waals surface area contributed by atoms with Gasteiger partial charge in [-0.15, -0.1) is 0 Å². The normalized spacial score (nSPS) is 17.1. The first-order chi connectivity index (χ1) is 12.0. The van der Waals surface area contributed by atoms with Crippen LogP contribution in [0, 0.1) is 13.8 Å². The van der Waals surface area contributed by atoms with Crippen molar-refractivity contribution < 1.29 is 9.32 Å². The van der Waals surface area contributed by atoms with Crippen molar-refractivity contribution in [2.75, 3.05) is 25.5 Å². The number of amides is 1. The van der Waals surface area contributed by atoms with Gasteiger partial charge in [0, 0.05) is 38.8 Å². The van der Waals surface area contributed by atoms with E-state index in [-0.39, 0.29) is 11.9 Å². The van der Waals surface area contributed by atoms with Crippen molar-refractivity contribution in [3.8, 4) is 0 Å². The zero-order valence-corrected chi connectivity index (χ0v) is 15.5. The molecule has 0 spiro atoms. The van der Waals surface area contributed by atoms with E-state index in [4.69, 9.17) is 4.52 Å². The van der Waals surface area contributed by atoms with Gasteiger partial charge in [-0.2, -0.15) is 0 Å². The van der Waals surface area contributed by atoms with E-state index in [1.54, 1.807) is 0 Å². The summed E-state index contributed by atoms with van der Waals surface area (Å²) in [6.07, 6.45) is 5.05. The molecule has 1 aliphatic heterocycles. The number of carbonyl (C=O) groups is 1. The Morgan fingerprint density at radius 1 is 1.40 bits per heavy atom. The summed E-state index contributed by atoms with van der Waals surface area (Å²) in [7, 11) is 3.96. The van der Waals surface area contributed by atoms with Gasteiger partial charge in [0.15, 0.2) is 0 Å². The fraction of sp³-hybridized carbons (Fsp3) is 0.526. The van der Waals surface area contributed by atoms with Crippen LogP contribution in [0.4, 0.5) is 5.82 Å². The third-order valence-electron chi connectivity index (χ3n) is 4.96. The first-order valence-corrected chi connectivity index (χ1v) is 8.82. The molecule has 1 fully saturated rings. The average molecular weight is 342 g/mol. The first kappa shape index (κ1) is 17.5. The summed E-state index contributed by atoms with van der Waals surface area (Å²) in [6, 6.07) is 4.26. The molecule has 0 bridgehead atoms. The Morgan fingerprint density at radius 2 is 2.20 bits per heavy atom. The molecule has 25 heavy (non-hydrogen) atoms. The predicted octanol–water partition coefficient (Wildman–Crippen LogP) is 3.05. The second-order valence-electron chi connectivity index (χ2n) is 6.89. The lowest BCUT2D eigenvalue weighted by Crippen LogP contribution is -2.31. The molecule has 0 aromatic carbocycles. The summed E-state index contributed by atoms with van der Waals surface area (Å²) in [4.78, 5) is 21.2. The topological polar surface area (TPSA) is 62.5 Å². The van der Waals surface area contributed by atoms with E-state index in [9.17, 15) is 4.79 Å². The Labute approximate surface area is 148 Å². The highest BCUT2D eigenvalue weighted by Crippen LogP contribution is 2.33. The minimum Gasteiger partial charge on any atom is -0.363 e. The lowest BCUT2D eigenvalue weighted by atomic mass is 10.0. The Bertz CT molecular complexity index is 734. The summed E-state index contributed by atoms with van der Waals surface area (Å²) in [5.41, 5.74) is 3.11. The van der Waals surface area contributed by atoms with Crippen LogP contribution in [0.1, 0.15) is 47.9 Å². The highest BCUT2D eigenvalue weighted by molar-refractivity contribution is 5.77. The van der Waals surface area contributed by atoms with Crippen molar-refractivity contribution in [3.05, 3.63) is 40.9 Å². The molecular weight excluding hydrogens is 316 g/mol. The molecule has 0 N–H and O–H groups in total. The number of hydrogen-bond donors (Lipinski definition) is 0. The van der Waals surface area contributed by atoms with E-state index in [0.29, 0.717) is 12.8 Å². The van der Waals surface area contributed by atoms with Crippen molar-refractivity contribution in [1.82, 2.24) is 15.0 Å². The molecule has 3 rings (SSSR count). The van der Waals surface area contributed by atoms with Crippen LogP contribution < -0.4 is 4.90 Å². The van der Waals surface area contributed by atoms with Gasteiger partial charge in [0.05, 0.1) is 11.7 Å². The number of aromatic nitrogens is 2. The summed E-state index contributed by atoms with van der Waals surface area (Å²) < 4.78 is 5.19. The van der Waals surface area contributed by atoms with Crippen LogP contribution in [0.5, 0.6) is 0 Å². The van der Waals surface area contributed by atoms with Crippen LogP contribution in [0.2, 0.25) is 0 Å². The van der Waals surface area contributed by atoms with Gasteiger partial charge < -0.3 is 14.3 Å². The van der Waals surface area contributed by atoms with Gasteiger partial charge in [-0.05, 0) is 50.8 Å². The number of aryl methyl sites for hydroxylation is 2. The van der Waals surface area contributed by atoms with Crippen molar-refractivity contribution >= 4 is 11.7 Å². The Balaban J connectivity index is 1.71. The Hall–Kier alpha value is -2.37. The fourth-order valence-corrected chi connectivity index (χ4v) is 3.53. The van der Waals surface area contributed by atoms with Crippen LogP contribution in [-0.2, 0) is 11.2 Å². The summed E-state index contributed by atoms with van der Waals surface area (Å²) in [6.45, 7) is 4.65. The van der Waals surface area contributed by atoms with Gasteiger partial charge in [-0.3, -0.25) is 4.79 Å². The Kier molecular flexibility index (Phi) is 5.06. The molecule has 1 saturated heterocycles. The van der Waals surface area contributed by atoms with Crippen LogP contribution in [0.25, 0.3) is 0 Å². The van der Waals surface area contributed by atoms with Crippen molar-refractivity contribution in [2.24, 2.45) is 0 Å². The predicted molar refractivity (Wildman–Crippen MR) is 96.6 cm³/mol. The van der Waals surface area contributed by atoms with Gasteiger partial charge in [0.1, 0.15) is 11.6 Å². The highest BCUT2D eigenvalue weighted by Gasteiger charge is 2.30. The summed E-state index contributed by atoms with van der Waals surface area (Å²) >= 11 is 0. The molecule has 0 unspecified atom stereocenters. The van der Waals surface area contributed by atoms with Gasteiger partial charge in [-0.25, -0.2) is 4.98 Å². The minimum absolute atomic E-state index is 0.152. The van der Waals surface area contributed by atoms with Gasteiger partial charge >= 0.3 is 0 Å². The Morgan fingerprint density at radius 3 is 2.88 bits per heavy atom. The van der Waals surface area contributed by atoms with E-state index in [1.165, 1.54) is 5.56 Å². The van der Waals surface area contributed by atoms with Crippen molar-refractivity contribution in [1.29, 1.82) is 0 Å². The second kappa shape index (κ2) is 7.25. The SMILES string of the molecule is Cc1noc(C)c1CCC(=O)N1CCC[C@H]1c1ccnc(N(C)C)c1. The zero-order valence-electron chi connectivity index (χ0n) is 15.5. The molecule has 0 aliphatic carbocycles. The van der Waals surface area contributed by atoms with E-state index < -0.39 is 0 Å². The maximum atomic E-state index is 12.8. The first-order valence-electron chi connectivity index (χ1n) is 8.82. The van der Waals surface area contributed by atoms with Gasteiger partial charge in [0.2, 0.25) is 5.91 Å². The zero-order chi connectivity index (χ0) is 18.0. The van der Waals surface area contributed by atoms with E-state index in [1.807, 2.05) is 50.0 Å². The van der Waals surface area contributed by atoms with Crippen LogP contribution in [0.15, 0.2) is 22.9 Å². The molecule has 1 amide bonds. The van der Waals surface area contributed by atoms with Crippen molar-refractivity contribution in [3.63, 3.8) is 0 Å². The maximum Gasteiger partial charge on any atom is 0.223 e. The second-order valence-corrected chi connectivity index (χ2v) is 6.89. The van der Waals surface area contributed by atoms with Crippen LogP contribution >= 0.6 is 0 Å². The number of nitrogens with zero attached hydrogens (tertiary/aromatic N) is 4. The van der Waals surface area contributed by atoms with Crippen molar-refractivity contribution in [2.45, 2.75) is 45.6 Å². The lowest BCUT2D eigenvalue weighted by molar-refractivity contribution is -0.132. The molecular formula is C19H26N4O2. The van der Waals surface area contributed by atoms with Crippen LogP contribution in [-0.4, -0.2) is 41.6 Å². The molecule has 1 atom stereocenters. The summed E-state index contributed by atoms with van der Waals surface area (Å²) in [5, 5.41) is 3.97. The number of anilines is 1. The molecule has 0 saturated carbocycles. The monoisotopic (exact) mass is 342 g/mol. The molecule has 6 nitrogen and oxygen atoms in total. The number of likely N-dealkylation sites (tertiary alicyclic amines) is 1. The van der Waals surface area contributed by atoms with Crippen LogP contribution in [0.3, 0.4) is 0 Å². The lowest BCUT2D eigenvalue weighted by Gasteiger charge is -2.26. The summed E-state index contributed by atoms with van der Waals surface area (Å²) in [5.74, 6) is 1.94. The third kappa shape index (κ3) is 3.67. The molecule has 134 valence electrons. The fourth-order valence-electron chi connectivity index (χ4n) is 3.53. The van der Waals surface area contributed by atoms with Gasteiger partial charge in [-0.1, -0.05) is 5.16 Å². The molecule has 1 aliphatic rings. The number of hydrogen-bond acceptors (Lipinski definition) is 5. The largest absolute Gasteiger partial charge is 0.363 e. The molecule has 6 heteroatoms. The number of carbonyl (C=O) groups excluding carboxylic acids is 1. The number of rotatable bonds is 5. The number of pyridine rings is 1. The average Bonchev–Trinajstić information content (AvgIpc) is 3.20. The molecule has 2 aromatic heterocycles. The quantitative estimate of drug-likeness (QED) is 0.836. The molecule has 0 radical (unpaired) electrons. The molecule has 3 heterocycles. The molecule has 2 aromatic rings. The highest BCUT2D eigenvalue weighted by atomic mass is 16.5. The van der Waals surface area contributed by atoms with E-state index in [0.717, 1.165) is 42.2 Å². The van der Waals surface area contributed by atoms with E-state index in [2.05, 4.69) is 16.2 Å². The maximum absolute atomic E-state index is 12.8.